The van der Waals surface area contributed by atoms with Crippen LogP contribution < -0.4 is 0 Å². The van der Waals surface area contributed by atoms with Crippen LogP contribution in [0.5, 0.6) is 0 Å². The number of hydrogen-bond donors (Lipinski definition) is 0. The lowest BCUT2D eigenvalue weighted by Crippen LogP contribution is -2.33. The van der Waals surface area contributed by atoms with Gasteiger partial charge in [0.25, 0.3) is 0 Å². The third-order valence-electron chi connectivity index (χ3n) is 7.00. The van der Waals surface area contributed by atoms with Gasteiger partial charge < -0.3 is 4.74 Å². The standard InChI is InChI=1S/C18H30O4P/c1-13-2-3-17(22-13)12-21-23(19)20-7-6-18-5-4-14-8-15(11-18)10-16(18)9-14/h13-17H,2-12H2,1H3/q+1/t13-,14?,15?,16?,17?,18?/m0/s1. The van der Waals surface area contributed by atoms with E-state index in [-0.39, 0.29) is 6.10 Å². The van der Waals surface area contributed by atoms with Crippen molar-refractivity contribution >= 4 is 8.25 Å². The topological polar surface area (TPSA) is 44.8 Å². The van der Waals surface area contributed by atoms with Gasteiger partial charge in [-0.15, -0.1) is 9.05 Å². The highest BCUT2D eigenvalue weighted by Crippen LogP contribution is 2.63. The van der Waals surface area contributed by atoms with Crippen LogP contribution in [0.1, 0.15) is 64.7 Å². The maximum atomic E-state index is 11.9. The lowest BCUT2D eigenvalue weighted by atomic mass is 9.63. The van der Waals surface area contributed by atoms with E-state index in [2.05, 4.69) is 6.92 Å². The first-order valence-corrected chi connectivity index (χ1v) is 10.6. The Kier molecular flexibility index (Phi) is 4.80. The minimum absolute atomic E-state index is 0.0931. The fourth-order valence-corrected chi connectivity index (χ4v) is 6.55. The van der Waals surface area contributed by atoms with Crippen LogP contribution in [0, 0.1) is 23.2 Å². The van der Waals surface area contributed by atoms with Crippen LogP contribution in [0.4, 0.5) is 0 Å². The molecule has 4 fully saturated rings. The molecule has 3 bridgehead atoms. The smallest absolute Gasteiger partial charge is 0.373 e. The molecule has 1 aliphatic heterocycles. The molecule has 0 amide bonds. The Morgan fingerprint density at radius 3 is 2.83 bits per heavy atom. The summed E-state index contributed by atoms with van der Waals surface area (Å²) in [5, 5.41) is 0. The summed E-state index contributed by atoms with van der Waals surface area (Å²) < 4.78 is 28.5. The highest BCUT2D eigenvalue weighted by Gasteiger charge is 2.53. The van der Waals surface area contributed by atoms with Crippen molar-refractivity contribution < 1.29 is 18.3 Å². The van der Waals surface area contributed by atoms with E-state index >= 15 is 0 Å². The van der Waals surface area contributed by atoms with Gasteiger partial charge >= 0.3 is 8.25 Å². The zero-order valence-corrected chi connectivity index (χ0v) is 15.1. The quantitative estimate of drug-likeness (QED) is 0.621. The second kappa shape index (κ2) is 6.71. The van der Waals surface area contributed by atoms with Gasteiger partial charge in [-0.25, -0.2) is 0 Å². The fourth-order valence-electron chi connectivity index (χ4n) is 5.95. The van der Waals surface area contributed by atoms with Crippen LogP contribution in [0.2, 0.25) is 0 Å². The predicted octanol–water partition coefficient (Wildman–Crippen LogP) is 4.85. The van der Waals surface area contributed by atoms with Crippen LogP contribution in [0.25, 0.3) is 0 Å². The third-order valence-corrected chi connectivity index (χ3v) is 7.75. The van der Waals surface area contributed by atoms with Crippen molar-refractivity contribution in [3.05, 3.63) is 0 Å². The molecule has 0 aromatic rings. The zero-order valence-electron chi connectivity index (χ0n) is 14.2. The molecule has 4 aliphatic rings. The molecule has 0 aromatic carbocycles. The molecule has 5 heteroatoms. The van der Waals surface area contributed by atoms with Crippen molar-refractivity contribution in [1.82, 2.24) is 0 Å². The number of fused-ring (bicyclic) bond motifs is 2. The first-order valence-electron chi connectivity index (χ1n) is 9.51. The van der Waals surface area contributed by atoms with Crippen molar-refractivity contribution in [2.45, 2.75) is 76.9 Å². The van der Waals surface area contributed by atoms with E-state index in [0.29, 0.717) is 24.7 Å². The van der Waals surface area contributed by atoms with Gasteiger partial charge in [-0.3, -0.25) is 0 Å². The molecule has 130 valence electrons. The Hall–Kier alpha value is -0.0200. The molecule has 6 unspecified atom stereocenters. The van der Waals surface area contributed by atoms with E-state index in [9.17, 15) is 4.57 Å². The van der Waals surface area contributed by atoms with Crippen molar-refractivity contribution in [2.75, 3.05) is 13.2 Å². The molecule has 23 heavy (non-hydrogen) atoms. The van der Waals surface area contributed by atoms with E-state index in [0.717, 1.165) is 37.0 Å². The number of ether oxygens (including phenoxy) is 1. The van der Waals surface area contributed by atoms with Gasteiger partial charge in [-0.2, -0.15) is 0 Å². The summed E-state index contributed by atoms with van der Waals surface area (Å²) in [5.41, 5.74) is 0.498. The van der Waals surface area contributed by atoms with Crippen molar-refractivity contribution in [1.29, 1.82) is 0 Å². The van der Waals surface area contributed by atoms with E-state index < -0.39 is 8.25 Å². The molecule has 3 aliphatic carbocycles. The molecular weight excluding hydrogens is 311 g/mol. The Labute approximate surface area is 140 Å². The molecule has 0 radical (unpaired) electrons. The van der Waals surface area contributed by atoms with Gasteiger partial charge in [-0.1, -0.05) is 0 Å². The molecule has 4 nitrogen and oxygen atoms in total. The first-order chi connectivity index (χ1) is 11.1. The lowest BCUT2D eigenvalue weighted by Gasteiger charge is -2.42. The van der Waals surface area contributed by atoms with Gasteiger partial charge in [-0.05, 0) is 87.9 Å². The van der Waals surface area contributed by atoms with E-state index in [1.807, 2.05) is 0 Å². The van der Waals surface area contributed by atoms with Crippen molar-refractivity contribution in [3.63, 3.8) is 0 Å². The monoisotopic (exact) mass is 341 g/mol. The average Bonchev–Trinajstić information content (AvgIpc) is 3.01. The second-order valence-corrected chi connectivity index (χ2v) is 9.45. The molecule has 4 rings (SSSR count). The summed E-state index contributed by atoms with van der Waals surface area (Å²) in [4.78, 5) is 0. The van der Waals surface area contributed by atoms with Crippen LogP contribution in [-0.4, -0.2) is 25.4 Å². The Morgan fingerprint density at radius 1 is 1.13 bits per heavy atom. The predicted molar refractivity (Wildman–Crippen MR) is 88.3 cm³/mol. The second-order valence-electron chi connectivity index (χ2n) is 8.49. The first kappa shape index (κ1) is 16.4. The highest BCUT2D eigenvalue weighted by atomic mass is 31.1. The summed E-state index contributed by atoms with van der Waals surface area (Å²) in [5.74, 6) is 2.88. The van der Waals surface area contributed by atoms with Gasteiger partial charge in [0.1, 0.15) is 13.2 Å². The molecule has 1 saturated heterocycles. The van der Waals surface area contributed by atoms with Crippen molar-refractivity contribution in [3.8, 4) is 0 Å². The van der Waals surface area contributed by atoms with E-state index in [1.165, 1.54) is 38.5 Å². The summed E-state index contributed by atoms with van der Waals surface area (Å²) in [7, 11) is -1.99. The summed E-state index contributed by atoms with van der Waals surface area (Å²) in [6, 6.07) is 0. The van der Waals surface area contributed by atoms with Gasteiger partial charge in [0, 0.05) is 4.57 Å². The fraction of sp³-hybridized carbons (Fsp3) is 1.00. The Balaban J connectivity index is 1.19. The minimum atomic E-state index is -1.99. The molecule has 0 N–H and O–H groups in total. The average molecular weight is 341 g/mol. The summed E-state index contributed by atoms with van der Waals surface area (Å²) in [6.45, 7) is 3.06. The van der Waals surface area contributed by atoms with Gasteiger partial charge in [0.05, 0.1) is 12.2 Å². The van der Waals surface area contributed by atoms with Crippen molar-refractivity contribution in [2.24, 2.45) is 23.2 Å². The maximum Gasteiger partial charge on any atom is 0.697 e. The number of hydrogen-bond acceptors (Lipinski definition) is 4. The largest absolute Gasteiger partial charge is 0.697 e. The lowest BCUT2D eigenvalue weighted by molar-refractivity contribution is 0.0222. The maximum absolute atomic E-state index is 11.9. The Bertz CT molecular complexity index is 456. The normalized spacial score (nSPS) is 45.6. The van der Waals surface area contributed by atoms with E-state index in [4.69, 9.17) is 13.8 Å². The van der Waals surface area contributed by atoms with Crippen LogP contribution in [-0.2, 0) is 18.3 Å². The van der Waals surface area contributed by atoms with Gasteiger partial charge in [0.2, 0.25) is 0 Å². The van der Waals surface area contributed by atoms with Crippen LogP contribution in [0.3, 0.4) is 0 Å². The summed E-state index contributed by atoms with van der Waals surface area (Å²) in [6.07, 6.45) is 12.1. The highest BCUT2D eigenvalue weighted by molar-refractivity contribution is 7.33. The molecule has 3 saturated carbocycles. The van der Waals surface area contributed by atoms with Gasteiger partial charge in [0.15, 0.2) is 0 Å². The van der Waals surface area contributed by atoms with Crippen LogP contribution >= 0.6 is 8.25 Å². The van der Waals surface area contributed by atoms with Crippen LogP contribution in [0.15, 0.2) is 0 Å². The molecular formula is C18H30O4P+. The zero-order chi connectivity index (χ0) is 15.9. The molecule has 1 heterocycles. The van der Waals surface area contributed by atoms with E-state index in [1.54, 1.807) is 0 Å². The third kappa shape index (κ3) is 3.51. The SMILES string of the molecule is C[C@H]1CCC(CO[P+](=O)OCCC23CCC4CC(CC2C4)C3)O1. The molecule has 0 spiro atoms. The Morgan fingerprint density at radius 2 is 2.00 bits per heavy atom. The number of rotatable bonds is 7. The molecule has 0 aromatic heterocycles. The summed E-state index contributed by atoms with van der Waals surface area (Å²) >= 11 is 0. The minimum Gasteiger partial charge on any atom is -0.373 e. The molecule has 7 atom stereocenters.